The summed E-state index contributed by atoms with van der Waals surface area (Å²) in [5.74, 6) is -1.12. The monoisotopic (exact) mass is 589 g/mol. The molecule has 0 aliphatic carbocycles. The third-order valence-electron chi connectivity index (χ3n) is 6.48. The molecule has 0 spiro atoms. The first-order valence-corrected chi connectivity index (χ1v) is 14.5. The molecule has 0 aromatic heterocycles. The maximum absolute atomic E-state index is 14.0. The zero-order valence-corrected chi connectivity index (χ0v) is 24.4. The zero-order valence-electron chi connectivity index (χ0n) is 22.8. The van der Waals surface area contributed by atoms with Gasteiger partial charge >= 0.3 is 0 Å². The van der Waals surface area contributed by atoms with Crippen molar-refractivity contribution in [3.8, 4) is 5.75 Å². The van der Waals surface area contributed by atoms with E-state index in [1.807, 2.05) is 13.8 Å². The molecule has 0 bridgehead atoms. The van der Waals surface area contributed by atoms with Crippen molar-refractivity contribution < 1.29 is 27.1 Å². The van der Waals surface area contributed by atoms with E-state index < -0.39 is 34.3 Å². The van der Waals surface area contributed by atoms with E-state index in [4.69, 9.17) is 16.3 Å². The zero-order chi connectivity index (χ0) is 29.4. The fourth-order valence-electron chi connectivity index (χ4n) is 3.86. The molecule has 0 aliphatic rings. The minimum Gasteiger partial charge on any atom is -0.497 e. The summed E-state index contributed by atoms with van der Waals surface area (Å²) in [7, 11) is -2.74. The summed E-state index contributed by atoms with van der Waals surface area (Å²) in [6, 6.07) is 16.9. The Morgan fingerprint density at radius 2 is 1.68 bits per heavy atom. The first kappa shape index (κ1) is 30.9. The topological polar surface area (TPSA) is 96.0 Å². The number of carbonyl (C=O) groups is 2. The highest BCUT2D eigenvalue weighted by molar-refractivity contribution is 7.92. The van der Waals surface area contributed by atoms with E-state index in [0.29, 0.717) is 17.7 Å². The number of rotatable bonds is 12. The number of amides is 2. The van der Waals surface area contributed by atoms with Crippen LogP contribution in [0.2, 0.25) is 5.02 Å². The predicted octanol–water partition coefficient (Wildman–Crippen LogP) is 5.02. The fourth-order valence-corrected chi connectivity index (χ4v) is 5.47. The summed E-state index contributed by atoms with van der Waals surface area (Å²) >= 11 is 5.98. The quantitative estimate of drug-likeness (QED) is 0.320. The van der Waals surface area contributed by atoms with E-state index in [1.165, 1.54) is 30.2 Å². The molecule has 1 N–H and O–H groups in total. The van der Waals surface area contributed by atoms with Crippen LogP contribution < -0.4 is 14.4 Å². The van der Waals surface area contributed by atoms with Gasteiger partial charge in [0.05, 0.1) is 22.7 Å². The lowest BCUT2D eigenvalue weighted by Gasteiger charge is -2.32. The number of hydrogen-bond acceptors (Lipinski definition) is 5. The van der Waals surface area contributed by atoms with Gasteiger partial charge in [-0.2, -0.15) is 0 Å². The highest BCUT2D eigenvalue weighted by atomic mass is 35.5. The van der Waals surface area contributed by atoms with Gasteiger partial charge in [-0.25, -0.2) is 12.8 Å². The third kappa shape index (κ3) is 7.51. The standard InChI is InChI=1S/C29H33ClFN3O5S/c1-5-20(2)32-29(36)21(3)33(18-22-11-14-24(39-4)15-12-22)28(35)19-34(23-13-16-27(31)26(30)17-23)40(37,38)25-9-7-6-8-10-25/h6-17,20-21H,5,18-19H2,1-4H3,(H,32,36)/t20-,21-/m1/s1. The van der Waals surface area contributed by atoms with Gasteiger partial charge in [0.15, 0.2) is 0 Å². The van der Waals surface area contributed by atoms with E-state index in [2.05, 4.69) is 5.32 Å². The number of nitrogens with one attached hydrogen (secondary N) is 1. The molecule has 0 fully saturated rings. The van der Waals surface area contributed by atoms with Crippen molar-refractivity contribution >= 4 is 39.1 Å². The molecule has 0 aliphatic heterocycles. The first-order valence-electron chi connectivity index (χ1n) is 12.7. The number of halogens is 2. The lowest BCUT2D eigenvalue weighted by Crippen LogP contribution is -2.52. The molecule has 0 radical (unpaired) electrons. The molecular formula is C29H33ClFN3O5S. The van der Waals surface area contributed by atoms with E-state index in [9.17, 15) is 22.4 Å². The van der Waals surface area contributed by atoms with Crippen LogP contribution in [0.1, 0.15) is 32.8 Å². The summed E-state index contributed by atoms with van der Waals surface area (Å²) in [5.41, 5.74) is 0.712. The summed E-state index contributed by atoms with van der Waals surface area (Å²) < 4.78 is 47.5. The number of carbonyl (C=O) groups excluding carboxylic acids is 2. The van der Waals surface area contributed by atoms with Crippen molar-refractivity contribution in [3.05, 3.63) is 89.2 Å². The van der Waals surface area contributed by atoms with Gasteiger partial charge in [-0.1, -0.05) is 48.9 Å². The summed E-state index contributed by atoms with van der Waals surface area (Å²) in [4.78, 5) is 28.2. The number of sulfonamides is 1. The van der Waals surface area contributed by atoms with Crippen molar-refractivity contribution in [2.75, 3.05) is 18.0 Å². The Hall–Kier alpha value is -3.63. The van der Waals surface area contributed by atoms with Gasteiger partial charge in [0, 0.05) is 12.6 Å². The molecule has 3 rings (SSSR count). The maximum atomic E-state index is 14.0. The van der Waals surface area contributed by atoms with Crippen LogP contribution in [0, 0.1) is 5.82 Å². The molecule has 40 heavy (non-hydrogen) atoms. The molecule has 0 saturated heterocycles. The van der Waals surface area contributed by atoms with Gasteiger partial charge < -0.3 is 15.0 Å². The van der Waals surface area contributed by atoms with E-state index in [1.54, 1.807) is 49.4 Å². The second-order valence-corrected chi connectivity index (χ2v) is 11.6. The van der Waals surface area contributed by atoms with Crippen molar-refractivity contribution in [3.63, 3.8) is 0 Å². The highest BCUT2D eigenvalue weighted by Crippen LogP contribution is 2.28. The largest absolute Gasteiger partial charge is 0.497 e. The molecule has 3 aromatic carbocycles. The second-order valence-electron chi connectivity index (χ2n) is 9.29. The van der Waals surface area contributed by atoms with Crippen LogP contribution in [0.3, 0.4) is 0 Å². The molecule has 11 heteroatoms. The van der Waals surface area contributed by atoms with Crippen LogP contribution in [-0.4, -0.2) is 50.9 Å². The Balaban J connectivity index is 2.03. The molecule has 8 nitrogen and oxygen atoms in total. The fraction of sp³-hybridized carbons (Fsp3) is 0.310. The van der Waals surface area contributed by atoms with Crippen LogP contribution in [0.25, 0.3) is 0 Å². The van der Waals surface area contributed by atoms with Crippen molar-refractivity contribution in [2.24, 2.45) is 0 Å². The van der Waals surface area contributed by atoms with Crippen LogP contribution in [0.5, 0.6) is 5.75 Å². The summed E-state index contributed by atoms with van der Waals surface area (Å²) in [6.07, 6.45) is 0.694. The third-order valence-corrected chi connectivity index (χ3v) is 8.56. The number of anilines is 1. The maximum Gasteiger partial charge on any atom is 0.264 e. The lowest BCUT2D eigenvalue weighted by atomic mass is 10.1. The lowest BCUT2D eigenvalue weighted by molar-refractivity contribution is -0.139. The Morgan fingerprint density at radius 3 is 2.25 bits per heavy atom. The molecule has 0 unspecified atom stereocenters. The SMILES string of the molecule is CC[C@@H](C)NC(=O)[C@@H](C)N(Cc1ccc(OC)cc1)C(=O)CN(c1ccc(F)c(Cl)c1)S(=O)(=O)c1ccccc1. The molecule has 0 heterocycles. The summed E-state index contributed by atoms with van der Waals surface area (Å²) in [5, 5.41) is 2.58. The van der Waals surface area contributed by atoms with Crippen molar-refractivity contribution in [1.29, 1.82) is 0 Å². The predicted molar refractivity (Wildman–Crippen MR) is 153 cm³/mol. The molecule has 3 aromatic rings. The van der Waals surface area contributed by atoms with E-state index in [-0.39, 0.29) is 34.1 Å². The minimum absolute atomic E-state index is 0.00436. The normalized spacial score (nSPS) is 12.8. The van der Waals surface area contributed by atoms with Crippen LogP contribution in [0.15, 0.2) is 77.7 Å². The second kappa shape index (κ2) is 13.6. The smallest absolute Gasteiger partial charge is 0.264 e. The Bertz CT molecular complexity index is 1420. The number of nitrogens with zero attached hydrogens (tertiary/aromatic N) is 2. The molecule has 2 amide bonds. The van der Waals surface area contributed by atoms with E-state index in [0.717, 1.165) is 16.4 Å². The molecule has 0 saturated carbocycles. The molecule has 214 valence electrons. The first-order chi connectivity index (χ1) is 19.0. The van der Waals surface area contributed by atoms with Gasteiger partial charge in [-0.15, -0.1) is 0 Å². The van der Waals surface area contributed by atoms with Gasteiger partial charge in [0.1, 0.15) is 24.2 Å². The van der Waals surface area contributed by atoms with E-state index >= 15 is 0 Å². The Morgan fingerprint density at radius 1 is 1.02 bits per heavy atom. The van der Waals surface area contributed by atoms with Crippen molar-refractivity contribution in [2.45, 2.75) is 50.7 Å². The van der Waals surface area contributed by atoms with Crippen LogP contribution in [0.4, 0.5) is 10.1 Å². The highest BCUT2D eigenvalue weighted by Gasteiger charge is 2.33. The van der Waals surface area contributed by atoms with Crippen LogP contribution in [-0.2, 0) is 26.2 Å². The van der Waals surface area contributed by atoms with Gasteiger partial charge in [-0.05, 0) is 68.3 Å². The van der Waals surface area contributed by atoms with Crippen molar-refractivity contribution in [1.82, 2.24) is 10.2 Å². The molecular weight excluding hydrogens is 557 g/mol. The minimum atomic E-state index is -4.28. The number of hydrogen-bond donors (Lipinski definition) is 1. The van der Waals surface area contributed by atoms with Gasteiger partial charge in [-0.3, -0.25) is 13.9 Å². The summed E-state index contributed by atoms with van der Waals surface area (Å²) in [6.45, 7) is 4.74. The number of ether oxygens (including phenoxy) is 1. The number of methoxy groups -OCH3 is 1. The van der Waals surface area contributed by atoms with Gasteiger partial charge in [0.25, 0.3) is 10.0 Å². The van der Waals surface area contributed by atoms with Gasteiger partial charge in [0.2, 0.25) is 11.8 Å². The average molecular weight is 590 g/mol. The average Bonchev–Trinajstić information content (AvgIpc) is 2.96. The Kier molecular flexibility index (Phi) is 10.5. The Labute approximate surface area is 239 Å². The number of benzene rings is 3. The molecule has 2 atom stereocenters. The van der Waals surface area contributed by atoms with Crippen LogP contribution >= 0.6 is 11.6 Å².